The van der Waals surface area contributed by atoms with E-state index in [0.717, 1.165) is 28.9 Å². The Morgan fingerprint density at radius 3 is 3.05 bits per heavy atom. The molecule has 0 aromatic heterocycles. The van der Waals surface area contributed by atoms with E-state index in [1.54, 1.807) is 11.8 Å². The fourth-order valence-electron chi connectivity index (χ4n) is 2.37. The summed E-state index contributed by atoms with van der Waals surface area (Å²) in [5.41, 5.74) is 2.43. The Labute approximate surface area is 132 Å². The number of hydrogen-bond donors (Lipinski definition) is 1. The molecule has 1 atom stereocenters. The molecule has 0 radical (unpaired) electrons. The van der Waals surface area contributed by atoms with E-state index in [4.69, 9.17) is 4.74 Å². The first kappa shape index (κ1) is 13.8. The maximum atomic E-state index is 5.95. The minimum absolute atomic E-state index is 0.206. The van der Waals surface area contributed by atoms with Crippen molar-refractivity contribution in [3.8, 4) is 5.75 Å². The molecule has 0 spiro atoms. The smallest absolute Gasteiger partial charge is 0.123 e. The summed E-state index contributed by atoms with van der Waals surface area (Å²) in [6.45, 7) is 0.824. The van der Waals surface area contributed by atoms with Crippen molar-refractivity contribution in [3.05, 3.63) is 52.5 Å². The standard InChI is InChI=1S/C16H16BrNOS/c1-20-15-4-2-3-13(9-15)18-10-14-8-11-7-12(17)5-6-16(11)19-14/h2-7,9,14,18H,8,10H2,1H3. The Hall–Kier alpha value is -1.13. The van der Waals surface area contributed by atoms with Crippen LogP contribution in [-0.2, 0) is 6.42 Å². The summed E-state index contributed by atoms with van der Waals surface area (Å²) >= 11 is 5.26. The van der Waals surface area contributed by atoms with Gasteiger partial charge in [0.2, 0.25) is 0 Å². The van der Waals surface area contributed by atoms with Crippen LogP contribution in [0.25, 0.3) is 0 Å². The van der Waals surface area contributed by atoms with E-state index >= 15 is 0 Å². The Bertz CT molecular complexity index is 617. The lowest BCUT2D eigenvalue weighted by atomic mass is 10.1. The molecule has 0 saturated heterocycles. The van der Waals surface area contributed by atoms with Crippen LogP contribution in [0.5, 0.6) is 5.75 Å². The zero-order valence-corrected chi connectivity index (χ0v) is 13.6. The van der Waals surface area contributed by atoms with Gasteiger partial charge in [-0.25, -0.2) is 0 Å². The van der Waals surface area contributed by atoms with E-state index in [0.29, 0.717) is 0 Å². The molecule has 20 heavy (non-hydrogen) atoms. The van der Waals surface area contributed by atoms with Gasteiger partial charge in [-0.3, -0.25) is 0 Å². The molecule has 2 aromatic rings. The second-order valence-electron chi connectivity index (χ2n) is 4.81. The van der Waals surface area contributed by atoms with Crippen molar-refractivity contribution in [2.24, 2.45) is 0 Å². The van der Waals surface area contributed by atoms with E-state index < -0.39 is 0 Å². The molecular formula is C16H16BrNOS. The van der Waals surface area contributed by atoms with Gasteiger partial charge < -0.3 is 10.1 Å². The van der Waals surface area contributed by atoms with Gasteiger partial charge in [-0.2, -0.15) is 0 Å². The molecule has 0 amide bonds. The van der Waals surface area contributed by atoms with Gasteiger partial charge in [0, 0.05) is 21.5 Å². The van der Waals surface area contributed by atoms with Crippen molar-refractivity contribution in [2.45, 2.75) is 17.4 Å². The molecule has 1 aliphatic rings. The first-order valence-corrected chi connectivity index (χ1v) is 8.59. The third-order valence-corrected chi connectivity index (χ3v) is 4.59. The highest BCUT2D eigenvalue weighted by molar-refractivity contribution is 9.10. The van der Waals surface area contributed by atoms with Crippen LogP contribution in [0.15, 0.2) is 51.8 Å². The van der Waals surface area contributed by atoms with Gasteiger partial charge in [-0.15, -0.1) is 11.8 Å². The first-order chi connectivity index (χ1) is 9.74. The summed E-state index contributed by atoms with van der Waals surface area (Å²) in [6.07, 6.45) is 3.26. The molecule has 2 aromatic carbocycles. The highest BCUT2D eigenvalue weighted by Gasteiger charge is 2.22. The molecule has 1 heterocycles. The van der Waals surface area contributed by atoms with Gasteiger partial charge in [0.15, 0.2) is 0 Å². The Kier molecular flexibility index (Phi) is 4.22. The van der Waals surface area contributed by atoms with E-state index in [9.17, 15) is 0 Å². The minimum atomic E-state index is 0.206. The minimum Gasteiger partial charge on any atom is -0.488 e. The number of hydrogen-bond acceptors (Lipinski definition) is 3. The van der Waals surface area contributed by atoms with Crippen LogP contribution >= 0.6 is 27.7 Å². The zero-order chi connectivity index (χ0) is 13.9. The molecule has 0 fully saturated rings. The highest BCUT2D eigenvalue weighted by Crippen LogP contribution is 2.31. The van der Waals surface area contributed by atoms with Crippen molar-refractivity contribution >= 4 is 33.4 Å². The van der Waals surface area contributed by atoms with E-state index in [2.05, 4.69) is 57.8 Å². The van der Waals surface area contributed by atoms with E-state index in [1.165, 1.54) is 10.5 Å². The van der Waals surface area contributed by atoms with Gasteiger partial charge >= 0.3 is 0 Å². The summed E-state index contributed by atoms with van der Waals surface area (Å²) in [7, 11) is 0. The second kappa shape index (κ2) is 6.10. The molecule has 2 nitrogen and oxygen atoms in total. The van der Waals surface area contributed by atoms with Crippen LogP contribution in [-0.4, -0.2) is 18.9 Å². The summed E-state index contributed by atoms with van der Waals surface area (Å²) in [4.78, 5) is 1.27. The fraction of sp³-hybridized carbons (Fsp3) is 0.250. The SMILES string of the molecule is CSc1cccc(NCC2Cc3cc(Br)ccc3O2)c1. The molecule has 0 bridgehead atoms. The molecule has 104 valence electrons. The molecule has 1 N–H and O–H groups in total. The fourth-order valence-corrected chi connectivity index (χ4v) is 3.24. The number of thioether (sulfide) groups is 1. The Morgan fingerprint density at radius 1 is 1.30 bits per heavy atom. The average molecular weight is 350 g/mol. The lowest BCUT2D eigenvalue weighted by molar-refractivity contribution is 0.246. The summed E-state index contributed by atoms with van der Waals surface area (Å²) < 4.78 is 7.06. The van der Waals surface area contributed by atoms with Crippen LogP contribution in [0, 0.1) is 0 Å². The van der Waals surface area contributed by atoms with Crippen molar-refractivity contribution in [3.63, 3.8) is 0 Å². The third kappa shape index (κ3) is 3.13. The van der Waals surface area contributed by atoms with Crippen LogP contribution in [0.3, 0.4) is 0 Å². The van der Waals surface area contributed by atoms with Crippen molar-refractivity contribution in [1.29, 1.82) is 0 Å². The molecule has 0 aliphatic carbocycles. The lowest BCUT2D eigenvalue weighted by Crippen LogP contribution is -2.23. The molecular weight excluding hydrogens is 334 g/mol. The van der Waals surface area contributed by atoms with Gasteiger partial charge in [0.1, 0.15) is 11.9 Å². The predicted octanol–water partition coefficient (Wildman–Crippen LogP) is 4.59. The lowest BCUT2D eigenvalue weighted by Gasteiger charge is -2.13. The van der Waals surface area contributed by atoms with E-state index in [-0.39, 0.29) is 6.10 Å². The molecule has 4 heteroatoms. The Balaban J connectivity index is 1.60. The number of fused-ring (bicyclic) bond motifs is 1. The Morgan fingerprint density at radius 2 is 2.20 bits per heavy atom. The maximum Gasteiger partial charge on any atom is 0.123 e. The normalized spacial score (nSPS) is 16.6. The summed E-state index contributed by atoms with van der Waals surface area (Å²) in [5, 5.41) is 3.46. The molecule has 0 saturated carbocycles. The molecule has 3 rings (SSSR count). The van der Waals surface area contributed by atoms with Crippen LogP contribution < -0.4 is 10.1 Å². The van der Waals surface area contributed by atoms with Gasteiger partial charge in [-0.1, -0.05) is 22.0 Å². The average Bonchev–Trinajstić information content (AvgIpc) is 2.87. The monoisotopic (exact) mass is 349 g/mol. The summed E-state index contributed by atoms with van der Waals surface area (Å²) in [6, 6.07) is 14.7. The van der Waals surface area contributed by atoms with Crippen molar-refractivity contribution in [1.82, 2.24) is 0 Å². The number of ether oxygens (including phenoxy) is 1. The van der Waals surface area contributed by atoms with Crippen LogP contribution in [0.2, 0.25) is 0 Å². The maximum absolute atomic E-state index is 5.95. The van der Waals surface area contributed by atoms with E-state index in [1.807, 2.05) is 12.1 Å². The number of anilines is 1. The molecule has 1 aliphatic heterocycles. The van der Waals surface area contributed by atoms with Gasteiger partial charge in [0.05, 0.1) is 6.54 Å². The molecule has 1 unspecified atom stereocenters. The second-order valence-corrected chi connectivity index (χ2v) is 6.60. The quantitative estimate of drug-likeness (QED) is 0.815. The number of halogens is 1. The summed E-state index contributed by atoms with van der Waals surface area (Å²) in [5.74, 6) is 1.01. The van der Waals surface area contributed by atoms with Crippen LogP contribution in [0.1, 0.15) is 5.56 Å². The van der Waals surface area contributed by atoms with Gasteiger partial charge in [-0.05, 0) is 48.2 Å². The number of rotatable bonds is 4. The first-order valence-electron chi connectivity index (χ1n) is 6.57. The number of nitrogens with one attached hydrogen (secondary N) is 1. The van der Waals surface area contributed by atoms with Crippen LogP contribution in [0.4, 0.5) is 5.69 Å². The predicted molar refractivity (Wildman–Crippen MR) is 89.0 cm³/mol. The highest BCUT2D eigenvalue weighted by atomic mass is 79.9. The number of benzene rings is 2. The third-order valence-electron chi connectivity index (χ3n) is 3.37. The zero-order valence-electron chi connectivity index (χ0n) is 11.2. The topological polar surface area (TPSA) is 21.3 Å². The van der Waals surface area contributed by atoms with Gasteiger partial charge in [0.25, 0.3) is 0 Å². The van der Waals surface area contributed by atoms with Crippen molar-refractivity contribution < 1.29 is 4.74 Å². The van der Waals surface area contributed by atoms with Crippen molar-refractivity contribution in [2.75, 3.05) is 18.1 Å². The largest absolute Gasteiger partial charge is 0.488 e.